The van der Waals surface area contributed by atoms with Crippen LogP contribution >= 0.6 is 23.6 Å². The van der Waals surface area contributed by atoms with E-state index in [1.807, 2.05) is 0 Å². The van der Waals surface area contributed by atoms with Crippen LogP contribution in [0.15, 0.2) is 0 Å². The summed E-state index contributed by atoms with van der Waals surface area (Å²) in [7, 11) is 0. The molecular formula is C9H16N4S2. The summed E-state index contributed by atoms with van der Waals surface area (Å²) < 4.78 is 0.728. The number of anilines is 1. The molecule has 15 heavy (non-hydrogen) atoms. The molecule has 0 spiro atoms. The van der Waals surface area contributed by atoms with Gasteiger partial charge in [0.2, 0.25) is 5.13 Å². The molecule has 2 heterocycles. The molecule has 0 aromatic carbocycles. The number of rotatable bonds is 4. The molecule has 6 heteroatoms. The molecule has 2 N–H and O–H groups in total. The van der Waals surface area contributed by atoms with Gasteiger partial charge in [-0.2, -0.15) is 0 Å². The van der Waals surface area contributed by atoms with E-state index in [4.69, 9.17) is 12.2 Å². The van der Waals surface area contributed by atoms with Crippen molar-refractivity contribution in [1.82, 2.24) is 15.1 Å². The van der Waals surface area contributed by atoms with Crippen LogP contribution in [0.2, 0.25) is 0 Å². The van der Waals surface area contributed by atoms with E-state index in [1.165, 1.54) is 37.3 Å². The third kappa shape index (κ3) is 3.25. The zero-order valence-electron chi connectivity index (χ0n) is 8.82. The second kappa shape index (κ2) is 5.05. The molecule has 1 unspecified atom stereocenters. The fourth-order valence-corrected chi connectivity index (χ4v) is 2.80. The van der Waals surface area contributed by atoms with E-state index in [0.717, 1.165) is 15.6 Å². The largest absolute Gasteiger partial charge is 0.356 e. The quantitative estimate of drug-likeness (QED) is 0.796. The predicted molar refractivity (Wildman–Crippen MR) is 66.1 cm³/mol. The van der Waals surface area contributed by atoms with Crippen LogP contribution in [0.4, 0.5) is 5.13 Å². The number of nitrogens with one attached hydrogen (secondary N) is 2. The first-order valence-electron chi connectivity index (χ1n) is 5.28. The molecule has 1 aromatic heterocycles. The molecule has 1 aliphatic heterocycles. The number of likely N-dealkylation sites (tertiary alicyclic amines) is 1. The van der Waals surface area contributed by atoms with Gasteiger partial charge >= 0.3 is 0 Å². The van der Waals surface area contributed by atoms with Gasteiger partial charge in [0.1, 0.15) is 0 Å². The summed E-state index contributed by atoms with van der Waals surface area (Å²) in [5, 5.41) is 11.1. The minimum atomic E-state index is 0.428. The maximum absolute atomic E-state index is 4.98. The summed E-state index contributed by atoms with van der Waals surface area (Å²) in [6, 6.07) is 0.428. The number of hydrogen-bond acceptors (Lipinski definition) is 5. The molecule has 0 radical (unpaired) electrons. The zero-order chi connectivity index (χ0) is 10.7. The molecule has 84 valence electrons. The Morgan fingerprint density at radius 2 is 2.33 bits per heavy atom. The van der Waals surface area contributed by atoms with Crippen molar-refractivity contribution in [3.05, 3.63) is 3.95 Å². The summed E-state index contributed by atoms with van der Waals surface area (Å²) in [4.78, 5) is 2.49. The summed E-state index contributed by atoms with van der Waals surface area (Å²) in [6.07, 6.45) is 2.68. The highest BCUT2D eigenvalue weighted by atomic mass is 32.1. The molecular weight excluding hydrogens is 228 g/mol. The summed E-state index contributed by atoms with van der Waals surface area (Å²) in [6.45, 7) is 5.75. The van der Waals surface area contributed by atoms with Crippen molar-refractivity contribution in [2.75, 3.05) is 25.0 Å². The van der Waals surface area contributed by atoms with Crippen LogP contribution < -0.4 is 5.32 Å². The first-order chi connectivity index (χ1) is 7.24. The maximum Gasteiger partial charge on any atom is 0.204 e. The lowest BCUT2D eigenvalue weighted by molar-refractivity contribution is 0.328. The highest BCUT2D eigenvalue weighted by Gasteiger charge is 2.14. The van der Waals surface area contributed by atoms with E-state index in [2.05, 4.69) is 27.3 Å². The van der Waals surface area contributed by atoms with E-state index in [0.29, 0.717) is 6.04 Å². The average molecular weight is 244 g/mol. The first-order valence-corrected chi connectivity index (χ1v) is 6.51. The van der Waals surface area contributed by atoms with Gasteiger partial charge in [-0.25, -0.2) is 0 Å². The third-order valence-electron chi connectivity index (χ3n) is 2.54. The van der Waals surface area contributed by atoms with Gasteiger partial charge in [-0.3, -0.25) is 5.10 Å². The number of nitrogens with zero attached hydrogens (tertiary/aromatic N) is 2. The standard InChI is InChI=1S/C9H16N4S2/c1-7(6-13-4-2-3-5-13)10-8-11-12-9(14)15-8/h7H,2-6H2,1H3,(H,10,11)(H,12,14). The van der Waals surface area contributed by atoms with Crippen molar-refractivity contribution in [1.29, 1.82) is 0 Å². The fourth-order valence-electron chi connectivity index (χ4n) is 1.90. The normalized spacial score (nSPS) is 19.3. The fraction of sp³-hybridized carbons (Fsp3) is 0.778. The maximum atomic E-state index is 4.98. The van der Waals surface area contributed by atoms with Crippen LogP contribution in [0.3, 0.4) is 0 Å². The Balaban J connectivity index is 1.81. The average Bonchev–Trinajstić information content (AvgIpc) is 2.77. The van der Waals surface area contributed by atoms with Crippen LogP contribution in [-0.2, 0) is 0 Å². The van der Waals surface area contributed by atoms with Gasteiger partial charge in [0, 0.05) is 12.6 Å². The molecule has 0 saturated carbocycles. The summed E-state index contributed by atoms with van der Waals surface area (Å²) in [5.74, 6) is 0. The third-order valence-corrected chi connectivity index (χ3v) is 3.56. The van der Waals surface area contributed by atoms with Gasteiger partial charge in [-0.15, -0.1) is 5.10 Å². The van der Waals surface area contributed by atoms with Crippen LogP contribution in [-0.4, -0.2) is 40.8 Å². The molecule has 1 aromatic rings. The number of aromatic nitrogens is 2. The second-order valence-electron chi connectivity index (χ2n) is 3.97. The van der Waals surface area contributed by atoms with Crippen molar-refractivity contribution in [2.45, 2.75) is 25.8 Å². The topological polar surface area (TPSA) is 44.0 Å². The Morgan fingerprint density at radius 1 is 1.60 bits per heavy atom. The Morgan fingerprint density at radius 3 is 2.93 bits per heavy atom. The predicted octanol–water partition coefficient (Wildman–Crippen LogP) is 2.10. The Kier molecular flexibility index (Phi) is 3.71. The minimum Gasteiger partial charge on any atom is -0.356 e. The zero-order valence-corrected chi connectivity index (χ0v) is 10.5. The smallest absolute Gasteiger partial charge is 0.204 e. The van der Waals surface area contributed by atoms with Crippen molar-refractivity contribution < 1.29 is 0 Å². The highest BCUT2D eigenvalue weighted by molar-refractivity contribution is 7.73. The monoisotopic (exact) mass is 244 g/mol. The summed E-state index contributed by atoms with van der Waals surface area (Å²) >= 11 is 6.47. The van der Waals surface area contributed by atoms with Crippen molar-refractivity contribution >= 4 is 28.7 Å². The van der Waals surface area contributed by atoms with Crippen molar-refractivity contribution in [2.24, 2.45) is 0 Å². The Bertz CT molecular complexity index is 353. The van der Waals surface area contributed by atoms with Crippen LogP contribution in [0, 0.1) is 3.95 Å². The van der Waals surface area contributed by atoms with E-state index >= 15 is 0 Å². The molecule has 0 amide bonds. The lowest BCUT2D eigenvalue weighted by atomic mass is 10.3. The molecule has 1 fully saturated rings. The van der Waals surface area contributed by atoms with Crippen LogP contribution in [0.1, 0.15) is 19.8 Å². The van der Waals surface area contributed by atoms with Crippen LogP contribution in [0.5, 0.6) is 0 Å². The van der Waals surface area contributed by atoms with Gasteiger partial charge in [0.15, 0.2) is 3.95 Å². The second-order valence-corrected chi connectivity index (χ2v) is 5.64. The molecule has 1 aliphatic rings. The lowest BCUT2D eigenvalue weighted by Crippen LogP contribution is -2.32. The SMILES string of the molecule is CC(CN1CCCC1)Nc1n[nH]c(=S)s1. The van der Waals surface area contributed by atoms with Gasteiger partial charge in [-0.05, 0) is 45.1 Å². The molecule has 1 saturated heterocycles. The van der Waals surface area contributed by atoms with Gasteiger partial charge in [-0.1, -0.05) is 11.3 Å². The van der Waals surface area contributed by atoms with Crippen LogP contribution in [0.25, 0.3) is 0 Å². The van der Waals surface area contributed by atoms with E-state index < -0.39 is 0 Å². The van der Waals surface area contributed by atoms with Crippen molar-refractivity contribution in [3.8, 4) is 0 Å². The van der Waals surface area contributed by atoms with E-state index in [9.17, 15) is 0 Å². The Labute approximate surface area is 98.7 Å². The lowest BCUT2D eigenvalue weighted by Gasteiger charge is -2.20. The highest BCUT2D eigenvalue weighted by Crippen LogP contribution is 2.14. The van der Waals surface area contributed by atoms with Gasteiger partial charge in [0.05, 0.1) is 0 Å². The molecule has 1 atom stereocenters. The van der Waals surface area contributed by atoms with Crippen molar-refractivity contribution in [3.63, 3.8) is 0 Å². The number of aromatic amines is 1. The number of hydrogen-bond donors (Lipinski definition) is 2. The molecule has 0 aliphatic carbocycles. The molecule has 0 bridgehead atoms. The Hall–Kier alpha value is -0.460. The molecule has 4 nitrogen and oxygen atoms in total. The molecule has 2 rings (SSSR count). The van der Waals surface area contributed by atoms with Gasteiger partial charge in [0.25, 0.3) is 0 Å². The van der Waals surface area contributed by atoms with Gasteiger partial charge < -0.3 is 10.2 Å². The van der Waals surface area contributed by atoms with E-state index in [-0.39, 0.29) is 0 Å². The number of H-pyrrole nitrogens is 1. The summed E-state index contributed by atoms with van der Waals surface area (Å²) in [5.41, 5.74) is 0. The minimum absolute atomic E-state index is 0.428. The van der Waals surface area contributed by atoms with E-state index in [1.54, 1.807) is 0 Å². The first kappa shape index (κ1) is 11.0.